The Morgan fingerprint density at radius 1 is 0.840 bits per heavy atom. The molecule has 3 rings (SSSR count). The second-order valence-corrected chi connectivity index (χ2v) is 6.51. The second kappa shape index (κ2) is 6.00. The molecule has 0 unspecified atom stereocenters. The number of nitrogen functional groups attached to an aromatic ring is 2. The number of carbonyl (C=O) groups is 2. The van der Waals surface area contributed by atoms with E-state index in [0.717, 1.165) is 6.07 Å². The summed E-state index contributed by atoms with van der Waals surface area (Å²) in [6, 6.07) is 2.95. The molecule has 25 heavy (non-hydrogen) atoms. The van der Waals surface area contributed by atoms with Crippen molar-refractivity contribution in [3.8, 4) is 11.5 Å². The molecule has 125 valence electrons. The molecule has 0 aromatic heterocycles. The Morgan fingerprint density at radius 3 is 1.92 bits per heavy atom. The van der Waals surface area contributed by atoms with Crippen LogP contribution in [0.2, 0.25) is 0 Å². The summed E-state index contributed by atoms with van der Waals surface area (Å²) in [5, 5.41) is 20.0. The van der Waals surface area contributed by atoms with E-state index in [0.29, 0.717) is 6.07 Å². The number of hydrogen-bond acceptors (Lipinski definition) is 8. The zero-order valence-corrected chi connectivity index (χ0v) is 15.6. The van der Waals surface area contributed by atoms with Crippen LogP contribution >= 0.6 is 0 Å². The average molecular weight is 373 g/mol. The Kier molecular flexibility index (Phi) is 4.61. The van der Waals surface area contributed by atoms with Gasteiger partial charge >= 0.3 is 0 Å². The molecule has 0 aliphatic heterocycles. The second-order valence-electron chi connectivity index (χ2n) is 5.12. The fourth-order valence-corrected chi connectivity index (χ4v) is 3.28. The van der Waals surface area contributed by atoms with Crippen LogP contribution in [0, 0.1) is 0 Å². The number of benzene rings is 2. The Balaban J connectivity index is 0.00000225. The Hall–Kier alpha value is -2.11. The summed E-state index contributed by atoms with van der Waals surface area (Å²) in [6.45, 7) is 0. The third kappa shape index (κ3) is 2.68. The standard InChI is InChI=1S/C14H10N2O7S.Na/c15-4-1-2-6(17)10-8(4)14(20)11-9(13(10)19)5(16)3-7(12(11)18)24(21,22)23;/h1-3,17-18H,15-16H2,(H,21,22,23);. The van der Waals surface area contributed by atoms with Crippen molar-refractivity contribution in [2.24, 2.45) is 0 Å². The van der Waals surface area contributed by atoms with Crippen molar-refractivity contribution in [2.75, 3.05) is 11.5 Å². The predicted octanol–water partition coefficient (Wildman–Crippen LogP) is -0.0965. The van der Waals surface area contributed by atoms with Crippen LogP contribution in [0.4, 0.5) is 11.4 Å². The smallest absolute Gasteiger partial charge is 0.298 e. The number of fused-ring (bicyclic) bond motifs is 2. The predicted molar refractivity (Wildman–Crippen MR) is 87.5 cm³/mol. The van der Waals surface area contributed by atoms with Crippen LogP contribution in [0.5, 0.6) is 11.5 Å². The molecule has 2 aromatic rings. The SMILES string of the molecule is Nc1ccc(O)c2c1C(=O)c1c(O)c(S(=O)(=O)O)cc(N)c1C2=O.[Na]. The van der Waals surface area contributed by atoms with E-state index in [4.69, 9.17) is 16.0 Å². The van der Waals surface area contributed by atoms with Crippen molar-refractivity contribution in [1.82, 2.24) is 0 Å². The topological polar surface area (TPSA) is 181 Å². The maximum absolute atomic E-state index is 12.6. The number of nitrogens with two attached hydrogens (primary N) is 2. The van der Waals surface area contributed by atoms with Gasteiger partial charge in [0.2, 0.25) is 11.6 Å². The number of aromatic hydroxyl groups is 2. The van der Waals surface area contributed by atoms with Crippen LogP contribution in [0.25, 0.3) is 0 Å². The normalized spacial score (nSPS) is 13.0. The minimum atomic E-state index is -4.90. The van der Waals surface area contributed by atoms with Gasteiger partial charge in [-0.25, -0.2) is 0 Å². The molecular formula is C14H10N2NaO7S. The summed E-state index contributed by atoms with van der Waals surface area (Å²) < 4.78 is 31.8. The molecule has 0 saturated carbocycles. The number of rotatable bonds is 1. The maximum Gasteiger partial charge on any atom is 0.298 e. The van der Waals surface area contributed by atoms with Gasteiger partial charge in [0.15, 0.2) is 0 Å². The van der Waals surface area contributed by atoms with Gasteiger partial charge in [-0.3, -0.25) is 14.1 Å². The molecule has 0 spiro atoms. The van der Waals surface area contributed by atoms with Gasteiger partial charge in [0.1, 0.15) is 16.4 Å². The molecule has 0 amide bonds. The summed E-state index contributed by atoms with van der Waals surface area (Å²) in [5.41, 5.74) is 8.75. The van der Waals surface area contributed by atoms with Gasteiger partial charge in [0.25, 0.3) is 10.1 Å². The van der Waals surface area contributed by atoms with Crippen molar-refractivity contribution in [2.45, 2.75) is 4.90 Å². The number of ketones is 2. The van der Waals surface area contributed by atoms with Crippen LogP contribution < -0.4 is 11.5 Å². The van der Waals surface area contributed by atoms with Gasteiger partial charge in [0, 0.05) is 40.9 Å². The molecule has 9 nitrogen and oxygen atoms in total. The van der Waals surface area contributed by atoms with E-state index in [9.17, 15) is 28.2 Å². The molecule has 0 bridgehead atoms. The van der Waals surface area contributed by atoms with E-state index in [1.54, 1.807) is 0 Å². The van der Waals surface area contributed by atoms with Gasteiger partial charge in [-0.05, 0) is 18.2 Å². The first kappa shape index (κ1) is 19.2. The molecular weight excluding hydrogens is 363 g/mol. The van der Waals surface area contributed by atoms with E-state index in [2.05, 4.69) is 0 Å². The van der Waals surface area contributed by atoms with E-state index >= 15 is 0 Å². The van der Waals surface area contributed by atoms with E-state index < -0.39 is 60.5 Å². The van der Waals surface area contributed by atoms with Gasteiger partial charge in [-0.15, -0.1) is 0 Å². The average Bonchev–Trinajstić information content (AvgIpc) is 2.47. The van der Waals surface area contributed by atoms with Gasteiger partial charge in [-0.2, -0.15) is 8.42 Å². The molecule has 0 saturated heterocycles. The molecule has 1 radical (unpaired) electrons. The summed E-state index contributed by atoms with van der Waals surface area (Å²) in [6.07, 6.45) is 0. The number of phenolic OH excluding ortho intramolecular Hbond substituents is 2. The van der Waals surface area contributed by atoms with Crippen LogP contribution in [0.15, 0.2) is 23.1 Å². The van der Waals surface area contributed by atoms with Crippen LogP contribution in [-0.4, -0.2) is 64.3 Å². The quantitative estimate of drug-likeness (QED) is 0.168. The van der Waals surface area contributed by atoms with Crippen molar-refractivity contribution in [3.05, 3.63) is 40.5 Å². The Bertz CT molecular complexity index is 1060. The Labute approximate surface area is 163 Å². The summed E-state index contributed by atoms with van der Waals surface area (Å²) >= 11 is 0. The first-order chi connectivity index (χ1) is 11.1. The van der Waals surface area contributed by atoms with Crippen LogP contribution in [-0.2, 0) is 10.1 Å². The van der Waals surface area contributed by atoms with Crippen LogP contribution in [0.3, 0.4) is 0 Å². The number of anilines is 2. The summed E-state index contributed by atoms with van der Waals surface area (Å²) in [7, 11) is -4.90. The summed E-state index contributed by atoms with van der Waals surface area (Å²) in [4.78, 5) is 24.2. The van der Waals surface area contributed by atoms with Crippen molar-refractivity contribution < 1.29 is 32.8 Å². The minimum absolute atomic E-state index is 0. The maximum atomic E-state index is 12.6. The molecule has 7 N–H and O–H groups in total. The van der Waals surface area contributed by atoms with Crippen molar-refractivity contribution in [3.63, 3.8) is 0 Å². The Morgan fingerprint density at radius 2 is 1.36 bits per heavy atom. The minimum Gasteiger partial charge on any atom is -0.507 e. The van der Waals surface area contributed by atoms with Gasteiger partial charge in [-0.1, -0.05) is 0 Å². The molecule has 0 atom stereocenters. The number of phenols is 2. The fraction of sp³-hybridized carbons (Fsp3) is 0. The fourth-order valence-electron chi connectivity index (χ4n) is 2.66. The molecule has 0 heterocycles. The molecule has 2 aromatic carbocycles. The summed E-state index contributed by atoms with van der Waals surface area (Å²) in [5.74, 6) is -3.53. The number of hydrogen-bond donors (Lipinski definition) is 5. The largest absolute Gasteiger partial charge is 0.507 e. The first-order valence-corrected chi connectivity index (χ1v) is 7.83. The zero-order valence-electron chi connectivity index (χ0n) is 12.8. The van der Waals surface area contributed by atoms with Crippen LogP contribution in [0.1, 0.15) is 31.8 Å². The molecule has 0 fully saturated rings. The molecule has 11 heteroatoms. The van der Waals surface area contributed by atoms with E-state index in [1.165, 1.54) is 6.07 Å². The zero-order chi connectivity index (χ0) is 18.0. The monoisotopic (exact) mass is 373 g/mol. The van der Waals surface area contributed by atoms with Gasteiger partial charge < -0.3 is 21.7 Å². The molecule has 1 aliphatic carbocycles. The van der Waals surface area contributed by atoms with E-state index in [1.807, 2.05) is 0 Å². The van der Waals surface area contributed by atoms with Crippen molar-refractivity contribution in [1.29, 1.82) is 0 Å². The number of carbonyl (C=O) groups excluding carboxylic acids is 2. The van der Waals surface area contributed by atoms with Crippen molar-refractivity contribution >= 4 is 62.6 Å². The third-order valence-electron chi connectivity index (χ3n) is 3.70. The first-order valence-electron chi connectivity index (χ1n) is 6.39. The third-order valence-corrected chi connectivity index (χ3v) is 4.56. The molecule has 1 aliphatic rings. The van der Waals surface area contributed by atoms with E-state index in [-0.39, 0.29) is 40.8 Å². The van der Waals surface area contributed by atoms with Gasteiger partial charge in [0.05, 0.1) is 22.3 Å².